The standard InChI is InChI=1S/C20H22ClN3O2/c21-14-10-12-16(13-11-14)23-20(26)18-9-5-8-17(24-18)19(25)22-15-6-3-1-2-4-7-15/h5,8-13,15H,1-4,6-7H2,(H,22,25)(H,23,26). The minimum absolute atomic E-state index is 0.193. The van der Waals surface area contributed by atoms with Crippen LogP contribution < -0.4 is 10.6 Å². The number of carbonyl (C=O) groups excluding carboxylic acids is 2. The highest BCUT2D eigenvalue weighted by Gasteiger charge is 2.18. The van der Waals surface area contributed by atoms with E-state index < -0.39 is 0 Å². The van der Waals surface area contributed by atoms with E-state index in [-0.39, 0.29) is 29.2 Å². The SMILES string of the molecule is O=C(Nc1ccc(Cl)cc1)c1cccc(C(=O)NC2CCCCCC2)n1. The van der Waals surface area contributed by atoms with E-state index in [4.69, 9.17) is 11.6 Å². The van der Waals surface area contributed by atoms with Crippen LogP contribution in [0, 0.1) is 0 Å². The van der Waals surface area contributed by atoms with Crippen LogP contribution in [-0.4, -0.2) is 22.8 Å². The molecule has 1 aromatic heterocycles. The second-order valence-electron chi connectivity index (χ2n) is 6.53. The third-order valence-electron chi connectivity index (χ3n) is 4.51. The molecule has 136 valence electrons. The molecule has 3 rings (SSSR count). The zero-order valence-electron chi connectivity index (χ0n) is 14.5. The lowest BCUT2D eigenvalue weighted by Gasteiger charge is -2.16. The number of amides is 2. The van der Waals surface area contributed by atoms with Crippen molar-refractivity contribution in [2.24, 2.45) is 0 Å². The normalized spacial score (nSPS) is 15.1. The average molecular weight is 372 g/mol. The number of hydrogen-bond donors (Lipinski definition) is 2. The van der Waals surface area contributed by atoms with Crippen molar-refractivity contribution in [2.45, 2.75) is 44.6 Å². The second-order valence-corrected chi connectivity index (χ2v) is 6.97. The van der Waals surface area contributed by atoms with Gasteiger partial charge in [0.2, 0.25) is 0 Å². The number of nitrogens with zero attached hydrogens (tertiary/aromatic N) is 1. The lowest BCUT2D eigenvalue weighted by molar-refractivity contribution is 0.0928. The van der Waals surface area contributed by atoms with E-state index in [1.807, 2.05) is 0 Å². The van der Waals surface area contributed by atoms with E-state index in [0.29, 0.717) is 10.7 Å². The third kappa shape index (κ3) is 5.05. The van der Waals surface area contributed by atoms with Gasteiger partial charge in [0.05, 0.1) is 0 Å². The summed E-state index contributed by atoms with van der Waals surface area (Å²) in [6, 6.07) is 11.9. The Morgan fingerprint density at radius 1 is 0.885 bits per heavy atom. The van der Waals surface area contributed by atoms with Gasteiger partial charge in [0.25, 0.3) is 11.8 Å². The molecule has 1 aliphatic rings. The summed E-state index contributed by atoms with van der Waals surface area (Å²) >= 11 is 5.84. The molecule has 1 fully saturated rings. The van der Waals surface area contributed by atoms with Gasteiger partial charge in [0.15, 0.2) is 0 Å². The van der Waals surface area contributed by atoms with Crippen LogP contribution in [-0.2, 0) is 0 Å². The molecule has 1 aliphatic carbocycles. The van der Waals surface area contributed by atoms with Gasteiger partial charge in [-0.2, -0.15) is 0 Å². The Balaban J connectivity index is 1.65. The van der Waals surface area contributed by atoms with Crippen molar-refractivity contribution in [1.82, 2.24) is 10.3 Å². The predicted octanol–water partition coefficient (Wildman–Crippen LogP) is 4.44. The van der Waals surface area contributed by atoms with E-state index in [9.17, 15) is 9.59 Å². The van der Waals surface area contributed by atoms with Crippen molar-refractivity contribution >= 4 is 29.1 Å². The Morgan fingerprint density at radius 2 is 1.50 bits per heavy atom. The molecular weight excluding hydrogens is 350 g/mol. The van der Waals surface area contributed by atoms with Crippen LogP contribution in [0.3, 0.4) is 0 Å². The number of carbonyl (C=O) groups is 2. The quantitative estimate of drug-likeness (QED) is 0.780. The molecule has 2 aromatic rings. The minimum atomic E-state index is -0.364. The summed E-state index contributed by atoms with van der Waals surface area (Å²) in [5, 5.41) is 6.39. The highest BCUT2D eigenvalue weighted by Crippen LogP contribution is 2.18. The summed E-state index contributed by atoms with van der Waals surface area (Å²) in [4.78, 5) is 29.1. The van der Waals surface area contributed by atoms with Gasteiger partial charge >= 0.3 is 0 Å². The van der Waals surface area contributed by atoms with Crippen molar-refractivity contribution in [3.05, 3.63) is 58.9 Å². The van der Waals surface area contributed by atoms with Gasteiger partial charge in [-0.15, -0.1) is 0 Å². The number of hydrogen-bond acceptors (Lipinski definition) is 3. The lowest BCUT2D eigenvalue weighted by atomic mass is 10.1. The average Bonchev–Trinajstić information content (AvgIpc) is 2.92. The first-order valence-corrected chi connectivity index (χ1v) is 9.34. The molecule has 2 N–H and O–H groups in total. The fourth-order valence-electron chi connectivity index (χ4n) is 3.10. The van der Waals surface area contributed by atoms with Gasteiger partial charge in [0, 0.05) is 16.8 Å². The fraction of sp³-hybridized carbons (Fsp3) is 0.350. The number of pyridine rings is 1. The molecule has 2 amide bonds. The van der Waals surface area contributed by atoms with Gasteiger partial charge in [-0.25, -0.2) is 4.98 Å². The molecule has 0 spiro atoms. The molecule has 0 saturated heterocycles. The van der Waals surface area contributed by atoms with Crippen LogP contribution in [0.1, 0.15) is 59.5 Å². The first kappa shape index (κ1) is 18.4. The highest BCUT2D eigenvalue weighted by molar-refractivity contribution is 6.30. The van der Waals surface area contributed by atoms with Crippen molar-refractivity contribution in [3.63, 3.8) is 0 Å². The maximum Gasteiger partial charge on any atom is 0.274 e. The van der Waals surface area contributed by atoms with Gasteiger partial charge in [-0.3, -0.25) is 9.59 Å². The first-order valence-electron chi connectivity index (χ1n) is 8.96. The summed E-state index contributed by atoms with van der Waals surface area (Å²) in [6.07, 6.45) is 6.74. The van der Waals surface area contributed by atoms with E-state index in [1.165, 1.54) is 12.8 Å². The number of benzene rings is 1. The predicted molar refractivity (Wildman–Crippen MR) is 103 cm³/mol. The Hall–Kier alpha value is -2.40. The highest BCUT2D eigenvalue weighted by atomic mass is 35.5. The van der Waals surface area contributed by atoms with Crippen LogP contribution in [0.2, 0.25) is 5.02 Å². The molecule has 1 aromatic carbocycles. The molecule has 6 heteroatoms. The molecule has 26 heavy (non-hydrogen) atoms. The molecule has 0 aliphatic heterocycles. The molecule has 0 radical (unpaired) electrons. The maximum atomic E-state index is 12.5. The molecule has 0 bridgehead atoms. The number of anilines is 1. The third-order valence-corrected chi connectivity index (χ3v) is 4.76. The summed E-state index contributed by atoms with van der Waals surface area (Å²) in [6.45, 7) is 0. The Morgan fingerprint density at radius 3 is 2.15 bits per heavy atom. The van der Waals surface area contributed by atoms with Crippen LogP contribution in [0.5, 0.6) is 0 Å². The largest absolute Gasteiger partial charge is 0.348 e. The van der Waals surface area contributed by atoms with Crippen LogP contribution >= 0.6 is 11.6 Å². The van der Waals surface area contributed by atoms with Crippen molar-refractivity contribution in [1.29, 1.82) is 0 Å². The van der Waals surface area contributed by atoms with Gasteiger partial charge < -0.3 is 10.6 Å². The van der Waals surface area contributed by atoms with E-state index in [1.54, 1.807) is 42.5 Å². The lowest BCUT2D eigenvalue weighted by Crippen LogP contribution is -2.35. The van der Waals surface area contributed by atoms with Crippen LogP contribution in [0.4, 0.5) is 5.69 Å². The monoisotopic (exact) mass is 371 g/mol. The van der Waals surface area contributed by atoms with Crippen LogP contribution in [0.25, 0.3) is 0 Å². The van der Waals surface area contributed by atoms with Crippen molar-refractivity contribution in [3.8, 4) is 0 Å². The Bertz CT molecular complexity index is 769. The summed E-state index contributed by atoms with van der Waals surface area (Å²) in [5.41, 5.74) is 1.08. The van der Waals surface area contributed by atoms with Crippen molar-refractivity contribution in [2.75, 3.05) is 5.32 Å². The summed E-state index contributed by atoms with van der Waals surface area (Å²) in [5.74, 6) is -0.588. The molecule has 0 unspecified atom stereocenters. The molecule has 5 nitrogen and oxygen atoms in total. The molecule has 1 saturated carbocycles. The smallest absolute Gasteiger partial charge is 0.274 e. The zero-order valence-corrected chi connectivity index (χ0v) is 15.3. The topological polar surface area (TPSA) is 71.1 Å². The number of aromatic nitrogens is 1. The van der Waals surface area contributed by atoms with Crippen LogP contribution in [0.15, 0.2) is 42.5 Å². The van der Waals surface area contributed by atoms with E-state index >= 15 is 0 Å². The summed E-state index contributed by atoms with van der Waals surface area (Å²) < 4.78 is 0. The van der Waals surface area contributed by atoms with E-state index in [2.05, 4.69) is 15.6 Å². The first-order chi connectivity index (χ1) is 12.6. The Kier molecular flexibility index (Phi) is 6.23. The summed E-state index contributed by atoms with van der Waals surface area (Å²) in [7, 11) is 0. The van der Waals surface area contributed by atoms with E-state index in [0.717, 1.165) is 25.7 Å². The molecular formula is C20H22ClN3O2. The number of halogens is 1. The minimum Gasteiger partial charge on any atom is -0.348 e. The van der Waals surface area contributed by atoms with Crippen molar-refractivity contribution < 1.29 is 9.59 Å². The van der Waals surface area contributed by atoms with Gasteiger partial charge in [0.1, 0.15) is 11.4 Å². The molecule has 0 atom stereocenters. The number of rotatable bonds is 4. The Labute approximate surface area is 158 Å². The molecule has 1 heterocycles. The fourth-order valence-corrected chi connectivity index (χ4v) is 3.23. The maximum absolute atomic E-state index is 12.5. The van der Waals surface area contributed by atoms with Gasteiger partial charge in [-0.05, 0) is 49.2 Å². The number of nitrogens with one attached hydrogen (secondary N) is 2. The van der Waals surface area contributed by atoms with Gasteiger partial charge in [-0.1, -0.05) is 43.4 Å². The zero-order chi connectivity index (χ0) is 18.4. The second kappa shape index (κ2) is 8.81.